The summed E-state index contributed by atoms with van der Waals surface area (Å²) in [7, 11) is 0. The van der Waals surface area contributed by atoms with Crippen molar-refractivity contribution < 1.29 is 9.84 Å². The highest BCUT2D eigenvalue weighted by atomic mass is 16.5. The Kier molecular flexibility index (Phi) is 2.41. The maximum Gasteiger partial charge on any atom is 0.164 e. The van der Waals surface area contributed by atoms with E-state index < -0.39 is 0 Å². The van der Waals surface area contributed by atoms with E-state index in [-0.39, 0.29) is 12.6 Å². The molecule has 0 aromatic carbocycles. The van der Waals surface area contributed by atoms with Gasteiger partial charge in [0.25, 0.3) is 0 Å². The quantitative estimate of drug-likeness (QED) is 0.751. The Morgan fingerprint density at radius 3 is 3.12 bits per heavy atom. The molecular formula is C10H13N5O2. The molecule has 2 aromatic heterocycles. The van der Waals surface area contributed by atoms with Gasteiger partial charge in [-0.2, -0.15) is 5.10 Å². The van der Waals surface area contributed by atoms with Gasteiger partial charge in [0.2, 0.25) is 0 Å². The van der Waals surface area contributed by atoms with Crippen molar-refractivity contribution in [3.63, 3.8) is 0 Å². The molecule has 3 heterocycles. The minimum Gasteiger partial charge on any atom is -0.390 e. The van der Waals surface area contributed by atoms with E-state index >= 15 is 0 Å². The number of rotatable bonds is 2. The zero-order valence-electron chi connectivity index (χ0n) is 9.20. The molecule has 0 saturated carbocycles. The van der Waals surface area contributed by atoms with Crippen molar-refractivity contribution in [1.29, 1.82) is 0 Å². The molecule has 2 aromatic rings. The van der Waals surface area contributed by atoms with Crippen LogP contribution in [0.15, 0.2) is 6.33 Å². The van der Waals surface area contributed by atoms with E-state index in [2.05, 4.69) is 15.1 Å². The molecule has 7 nitrogen and oxygen atoms in total. The van der Waals surface area contributed by atoms with Gasteiger partial charge in [0.1, 0.15) is 17.8 Å². The molecule has 0 aliphatic carbocycles. The molecule has 3 rings (SSSR count). The van der Waals surface area contributed by atoms with Gasteiger partial charge in [0.15, 0.2) is 5.65 Å². The van der Waals surface area contributed by atoms with E-state index in [4.69, 9.17) is 10.5 Å². The maximum atomic E-state index is 9.30. The fourth-order valence-electron chi connectivity index (χ4n) is 2.15. The minimum atomic E-state index is -0.172. The monoisotopic (exact) mass is 235 g/mol. The summed E-state index contributed by atoms with van der Waals surface area (Å²) in [5.41, 5.74) is 6.98. The molecular weight excluding hydrogens is 222 g/mol. The van der Waals surface area contributed by atoms with Crippen molar-refractivity contribution in [2.75, 3.05) is 18.9 Å². The molecule has 3 N–H and O–H groups in total. The summed E-state index contributed by atoms with van der Waals surface area (Å²) >= 11 is 0. The number of aliphatic hydroxyl groups is 1. The Hall–Kier alpha value is -1.73. The average molecular weight is 235 g/mol. The molecule has 1 aliphatic heterocycles. The third-order valence-corrected chi connectivity index (χ3v) is 2.99. The van der Waals surface area contributed by atoms with Crippen LogP contribution < -0.4 is 5.73 Å². The van der Waals surface area contributed by atoms with E-state index in [0.29, 0.717) is 29.2 Å². The van der Waals surface area contributed by atoms with E-state index in [9.17, 15) is 5.11 Å². The van der Waals surface area contributed by atoms with Crippen LogP contribution in [0.4, 0.5) is 5.82 Å². The van der Waals surface area contributed by atoms with E-state index in [0.717, 1.165) is 13.0 Å². The molecule has 0 radical (unpaired) electrons. The Labute approximate surface area is 97.2 Å². The van der Waals surface area contributed by atoms with Crippen molar-refractivity contribution in [2.24, 2.45) is 0 Å². The van der Waals surface area contributed by atoms with Crippen LogP contribution in [-0.4, -0.2) is 38.1 Å². The van der Waals surface area contributed by atoms with E-state index in [1.807, 2.05) is 0 Å². The lowest BCUT2D eigenvalue weighted by Gasteiger charge is -2.08. The molecule has 0 bridgehead atoms. The fraction of sp³-hybridized carbons (Fsp3) is 0.500. The maximum absolute atomic E-state index is 9.30. The Morgan fingerprint density at radius 1 is 1.53 bits per heavy atom. The number of nitrogens with zero attached hydrogens (tertiary/aromatic N) is 4. The lowest BCUT2D eigenvalue weighted by molar-refractivity contribution is 0.184. The Bertz CT molecular complexity index is 547. The van der Waals surface area contributed by atoms with Crippen molar-refractivity contribution in [3.8, 4) is 0 Å². The second-order valence-electron chi connectivity index (χ2n) is 4.02. The Balaban J connectivity index is 2.21. The Morgan fingerprint density at radius 2 is 2.41 bits per heavy atom. The van der Waals surface area contributed by atoms with Gasteiger partial charge in [0.05, 0.1) is 24.6 Å². The predicted octanol–water partition coefficient (Wildman–Crippen LogP) is -0.138. The van der Waals surface area contributed by atoms with Gasteiger partial charge < -0.3 is 15.6 Å². The minimum absolute atomic E-state index is 0.159. The molecule has 1 aliphatic rings. The predicted molar refractivity (Wildman–Crippen MR) is 60.1 cm³/mol. The molecule has 0 spiro atoms. The summed E-state index contributed by atoms with van der Waals surface area (Å²) < 4.78 is 7.12. The first-order valence-corrected chi connectivity index (χ1v) is 5.47. The van der Waals surface area contributed by atoms with Crippen LogP contribution in [0.1, 0.15) is 18.2 Å². The highest BCUT2D eigenvalue weighted by molar-refractivity contribution is 5.88. The van der Waals surface area contributed by atoms with Crippen LogP contribution in [0.3, 0.4) is 0 Å². The molecule has 1 fully saturated rings. The first kappa shape index (κ1) is 10.4. The van der Waals surface area contributed by atoms with E-state index in [1.54, 1.807) is 4.68 Å². The SMILES string of the molecule is Nc1ncnc2c1c(CO)nn2C1CCOC1. The van der Waals surface area contributed by atoms with Gasteiger partial charge in [-0.25, -0.2) is 14.6 Å². The number of aromatic nitrogens is 4. The largest absolute Gasteiger partial charge is 0.390 e. The van der Waals surface area contributed by atoms with Gasteiger partial charge in [-0.15, -0.1) is 0 Å². The highest BCUT2D eigenvalue weighted by Gasteiger charge is 2.23. The third-order valence-electron chi connectivity index (χ3n) is 2.99. The first-order valence-electron chi connectivity index (χ1n) is 5.47. The molecule has 1 atom stereocenters. The second kappa shape index (κ2) is 3.94. The summed E-state index contributed by atoms with van der Waals surface area (Å²) in [5.74, 6) is 0.351. The van der Waals surface area contributed by atoms with Crippen molar-refractivity contribution in [2.45, 2.75) is 19.1 Å². The van der Waals surface area contributed by atoms with Crippen molar-refractivity contribution in [1.82, 2.24) is 19.7 Å². The first-order chi connectivity index (χ1) is 8.31. The van der Waals surface area contributed by atoms with Crippen LogP contribution in [0.5, 0.6) is 0 Å². The van der Waals surface area contributed by atoms with Gasteiger partial charge in [-0.1, -0.05) is 0 Å². The number of nitrogens with two attached hydrogens (primary N) is 1. The number of hydrogen-bond donors (Lipinski definition) is 2. The summed E-state index contributed by atoms with van der Waals surface area (Å²) in [6.45, 7) is 1.17. The van der Waals surface area contributed by atoms with E-state index in [1.165, 1.54) is 6.33 Å². The van der Waals surface area contributed by atoms with Gasteiger partial charge in [0, 0.05) is 6.61 Å². The number of fused-ring (bicyclic) bond motifs is 1. The standard InChI is InChI=1S/C10H13N5O2/c11-9-8-7(3-16)14-15(6-1-2-17-4-6)10(8)13-5-12-9/h5-6,16H,1-4H2,(H2,11,12,13). The molecule has 1 saturated heterocycles. The van der Waals surface area contributed by atoms with Crippen LogP contribution in [0, 0.1) is 0 Å². The lowest BCUT2D eigenvalue weighted by Crippen LogP contribution is -2.11. The van der Waals surface area contributed by atoms with Gasteiger partial charge >= 0.3 is 0 Å². The van der Waals surface area contributed by atoms with Crippen LogP contribution in [0.25, 0.3) is 11.0 Å². The zero-order chi connectivity index (χ0) is 11.8. The molecule has 0 amide bonds. The summed E-state index contributed by atoms with van der Waals surface area (Å²) in [6, 6.07) is 0.159. The fourth-order valence-corrected chi connectivity index (χ4v) is 2.15. The van der Waals surface area contributed by atoms with Crippen LogP contribution in [-0.2, 0) is 11.3 Å². The number of anilines is 1. The molecule has 1 unspecified atom stereocenters. The molecule has 7 heteroatoms. The van der Waals surface area contributed by atoms with Gasteiger partial charge in [-0.3, -0.25) is 0 Å². The van der Waals surface area contributed by atoms with Crippen molar-refractivity contribution in [3.05, 3.63) is 12.0 Å². The van der Waals surface area contributed by atoms with Crippen molar-refractivity contribution >= 4 is 16.9 Å². The van der Waals surface area contributed by atoms with Crippen LogP contribution in [0.2, 0.25) is 0 Å². The number of aliphatic hydroxyl groups excluding tert-OH is 1. The number of hydrogen-bond acceptors (Lipinski definition) is 6. The number of nitrogen functional groups attached to an aromatic ring is 1. The van der Waals surface area contributed by atoms with Crippen LogP contribution >= 0.6 is 0 Å². The van der Waals surface area contributed by atoms with Gasteiger partial charge in [-0.05, 0) is 6.42 Å². The molecule has 90 valence electrons. The smallest absolute Gasteiger partial charge is 0.164 e. The third kappa shape index (κ3) is 1.55. The summed E-state index contributed by atoms with van der Waals surface area (Å²) in [6.07, 6.45) is 2.30. The lowest BCUT2D eigenvalue weighted by atomic mass is 10.2. The number of ether oxygens (including phenoxy) is 1. The second-order valence-corrected chi connectivity index (χ2v) is 4.02. The topological polar surface area (TPSA) is 99.1 Å². The summed E-state index contributed by atoms with van der Waals surface area (Å²) in [4.78, 5) is 8.12. The molecule has 17 heavy (non-hydrogen) atoms. The average Bonchev–Trinajstić information content (AvgIpc) is 2.95. The normalized spacial score (nSPS) is 20.2. The summed E-state index contributed by atoms with van der Waals surface area (Å²) in [5, 5.41) is 14.3. The zero-order valence-corrected chi connectivity index (χ0v) is 9.20. The highest BCUT2D eigenvalue weighted by Crippen LogP contribution is 2.27.